The van der Waals surface area contributed by atoms with Crippen LogP contribution in [-0.2, 0) is 9.53 Å². The van der Waals surface area contributed by atoms with E-state index in [1.54, 1.807) is 25.1 Å². The van der Waals surface area contributed by atoms with Gasteiger partial charge in [0.1, 0.15) is 0 Å². The van der Waals surface area contributed by atoms with E-state index in [2.05, 4.69) is 5.32 Å². The first-order chi connectivity index (χ1) is 7.63. The molecule has 88 valence electrons. The van der Waals surface area contributed by atoms with Crippen LogP contribution in [0.25, 0.3) is 0 Å². The molecule has 0 aliphatic heterocycles. The van der Waals surface area contributed by atoms with Crippen LogP contribution in [0.1, 0.15) is 13.3 Å². The van der Waals surface area contributed by atoms with Gasteiger partial charge >= 0.3 is 5.97 Å². The zero-order chi connectivity index (χ0) is 12.0. The summed E-state index contributed by atoms with van der Waals surface area (Å²) >= 11 is 5.95. The molecule has 0 aromatic heterocycles. The molecular formula is C11H15ClN2O2. The fraction of sp³-hybridized carbons (Fsp3) is 0.364. The van der Waals surface area contributed by atoms with Crippen LogP contribution < -0.4 is 11.1 Å². The summed E-state index contributed by atoms with van der Waals surface area (Å²) in [4.78, 5) is 11.1. The fourth-order valence-corrected chi connectivity index (χ4v) is 1.46. The van der Waals surface area contributed by atoms with Gasteiger partial charge in [0.15, 0.2) is 0 Å². The molecule has 0 aliphatic carbocycles. The molecule has 0 aliphatic rings. The second-order valence-corrected chi connectivity index (χ2v) is 3.63. The summed E-state index contributed by atoms with van der Waals surface area (Å²) in [7, 11) is 0. The number of carbonyl (C=O) groups excluding carboxylic acids is 1. The van der Waals surface area contributed by atoms with Crippen LogP contribution >= 0.6 is 11.6 Å². The van der Waals surface area contributed by atoms with Crippen molar-refractivity contribution >= 4 is 28.9 Å². The summed E-state index contributed by atoms with van der Waals surface area (Å²) in [5, 5.41) is 3.59. The summed E-state index contributed by atoms with van der Waals surface area (Å²) in [6, 6.07) is 5.19. The minimum absolute atomic E-state index is 0.221. The number of nitrogens with one attached hydrogen (secondary N) is 1. The number of anilines is 2. The first kappa shape index (κ1) is 12.6. The Kier molecular flexibility index (Phi) is 4.92. The molecule has 0 amide bonds. The SMILES string of the molecule is CCOC(=O)CCNc1ccc(N)cc1Cl. The molecular weight excluding hydrogens is 228 g/mol. The van der Waals surface area contributed by atoms with Crippen LogP contribution in [0.2, 0.25) is 5.02 Å². The predicted molar refractivity (Wildman–Crippen MR) is 65.6 cm³/mol. The van der Waals surface area contributed by atoms with Crippen LogP contribution in [0.4, 0.5) is 11.4 Å². The normalized spacial score (nSPS) is 9.88. The Hall–Kier alpha value is -1.42. The molecule has 16 heavy (non-hydrogen) atoms. The van der Waals surface area contributed by atoms with E-state index in [4.69, 9.17) is 22.1 Å². The number of hydrogen-bond acceptors (Lipinski definition) is 4. The molecule has 3 N–H and O–H groups in total. The summed E-state index contributed by atoms with van der Waals surface area (Å²) in [6.07, 6.45) is 0.314. The van der Waals surface area contributed by atoms with Crippen molar-refractivity contribution in [1.82, 2.24) is 0 Å². The molecule has 0 heterocycles. The largest absolute Gasteiger partial charge is 0.466 e. The zero-order valence-corrected chi connectivity index (χ0v) is 9.88. The average Bonchev–Trinajstić information content (AvgIpc) is 2.22. The van der Waals surface area contributed by atoms with Gasteiger partial charge in [0.2, 0.25) is 0 Å². The van der Waals surface area contributed by atoms with Gasteiger partial charge in [-0.1, -0.05) is 11.6 Å². The molecule has 1 aromatic carbocycles. The lowest BCUT2D eigenvalue weighted by atomic mass is 10.3. The highest BCUT2D eigenvalue weighted by molar-refractivity contribution is 6.33. The van der Waals surface area contributed by atoms with Gasteiger partial charge in [-0.25, -0.2) is 0 Å². The van der Waals surface area contributed by atoms with E-state index in [0.29, 0.717) is 30.3 Å². The number of carbonyl (C=O) groups is 1. The Morgan fingerprint density at radius 2 is 2.31 bits per heavy atom. The van der Waals surface area contributed by atoms with E-state index in [9.17, 15) is 4.79 Å². The van der Waals surface area contributed by atoms with Gasteiger partial charge in [-0.3, -0.25) is 4.79 Å². The van der Waals surface area contributed by atoms with Crippen molar-refractivity contribution < 1.29 is 9.53 Å². The van der Waals surface area contributed by atoms with Crippen molar-refractivity contribution in [2.45, 2.75) is 13.3 Å². The van der Waals surface area contributed by atoms with Crippen LogP contribution in [0.15, 0.2) is 18.2 Å². The van der Waals surface area contributed by atoms with E-state index in [-0.39, 0.29) is 5.97 Å². The standard InChI is InChI=1S/C11H15ClN2O2/c1-2-16-11(15)5-6-14-10-4-3-8(13)7-9(10)12/h3-4,7,14H,2,5-6,13H2,1H3. The van der Waals surface area contributed by atoms with E-state index in [1.165, 1.54) is 0 Å². The third-order valence-electron chi connectivity index (χ3n) is 1.94. The number of rotatable bonds is 5. The second kappa shape index (κ2) is 6.23. The fourth-order valence-electron chi connectivity index (χ4n) is 1.21. The van der Waals surface area contributed by atoms with Crippen LogP contribution in [0.3, 0.4) is 0 Å². The van der Waals surface area contributed by atoms with E-state index in [0.717, 1.165) is 5.69 Å². The molecule has 0 radical (unpaired) electrons. The van der Waals surface area contributed by atoms with E-state index < -0.39 is 0 Å². The number of hydrogen-bond donors (Lipinski definition) is 2. The molecule has 0 spiro atoms. The number of benzene rings is 1. The Labute approximate surface area is 99.7 Å². The summed E-state index contributed by atoms with van der Waals surface area (Å²) in [5.74, 6) is -0.221. The highest BCUT2D eigenvalue weighted by Gasteiger charge is 2.03. The summed E-state index contributed by atoms with van der Waals surface area (Å²) < 4.78 is 4.80. The van der Waals surface area contributed by atoms with E-state index >= 15 is 0 Å². The molecule has 4 nitrogen and oxygen atoms in total. The average molecular weight is 243 g/mol. The lowest BCUT2D eigenvalue weighted by Gasteiger charge is -2.08. The van der Waals surface area contributed by atoms with Gasteiger partial charge in [-0.15, -0.1) is 0 Å². The number of nitrogens with two attached hydrogens (primary N) is 1. The van der Waals surface area contributed by atoms with Gasteiger partial charge in [-0.2, -0.15) is 0 Å². The predicted octanol–water partition coefficient (Wildman–Crippen LogP) is 2.29. The molecule has 0 fully saturated rings. The first-order valence-electron chi connectivity index (χ1n) is 5.08. The maximum Gasteiger partial charge on any atom is 0.307 e. The molecule has 1 aromatic rings. The molecule has 0 saturated carbocycles. The third-order valence-corrected chi connectivity index (χ3v) is 2.26. The number of nitrogen functional groups attached to an aromatic ring is 1. The lowest BCUT2D eigenvalue weighted by Crippen LogP contribution is -2.11. The molecule has 0 saturated heterocycles. The smallest absolute Gasteiger partial charge is 0.307 e. The number of ether oxygens (including phenoxy) is 1. The minimum Gasteiger partial charge on any atom is -0.466 e. The van der Waals surface area contributed by atoms with Gasteiger partial charge in [-0.05, 0) is 25.1 Å². The Balaban J connectivity index is 2.40. The summed E-state index contributed by atoms with van der Waals surface area (Å²) in [6.45, 7) is 2.67. The maximum absolute atomic E-state index is 11.1. The quantitative estimate of drug-likeness (QED) is 0.614. The molecule has 1 rings (SSSR count). The van der Waals surface area contributed by atoms with Gasteiger partial charge < -0.3 is 15.8 Å². The topological polar surface area (TPSA) is 64.3 Å². The monoisotopic (exact) mass is 242 g/mol. The summed E-state index contributed by atoms with van der Waals surface area (Å²) in [5.41, 5.74) is 6.93. The van der Waals surface area contributed by atoms with Gasteiger partial charge in [0, 0.05) is 12.2 Å². The first-order valence-corrected chi connectivity index (χ1v) is 5.45. The highest BCUT2D eigenvalue weighted by Crippen LogP contribution is 2.23. The second-order valence-electron chi connectivity index (χ2n) is 3.22. The van der Waals surface area contributed by atoms with Crippen LogP contribution in [-0.4, -0.2) is 19.1 Å². The van der Waals surface area contributed by atoms with Crippen molar-refractivity contribution in [1.29, 1.82) is 0 Å². The molecule has 5 heteroatoms. The third kappa shape index (κ3) is 3.98. The Bertz CT molecular complexity index is 369. The Morgan fingerprint density at radius 3 is 2.94 bits per heavy atom. The number of esters is 1. The lowest BCUT2D eigenvalue weighted by molar-refractivity contribution is -0.142. The van der Waals surface area contributed by atoms with E-state index in [1.807, 2.05) is 0 Å². The Morgan fingerprint density at radius 1 is 1.56 bits per heavy atom. The maximum atomic E-state index is 11.1. The van der Waals surface area contributed by atoms with Gasteiger partial charge in [0.25, 0.3) is 0 Å². The number of halogens is 1. The minimum atomic E-state index is -0.221. The highest BCUT2D eigenvalue weighted by atomic mass is 35.5. The van der Waals surface area contributed by atoms with Crippen molar-refractivity contribution in [3.8, 4) is 0 Å². The van der Waals surface area contributed by atoms with Crippen LogP contribution in [0.5, 0.6) is 0 Å². The van der Waals surface area contributed by atoms with Crippen molar-refractivity contribution in [3.63, 3.8) is 0 Å². The molecule has 0 bridgehead atoms. The van der Waals surface area contributed by atoms with Gasteiger partial charge in [0.05, 0.1) is 23.7 Å². The van der Waals surface area contributed by atoms with Crippen molar-refractivity contribution in [2.75, 3.05) is 24.2 Å². The molecule has 0 atom stereocenters. The van der Waals surface area contributed by atoms with Crippen molar-refractivity contribution in [3.05, 3.63) is 23.2 Å². The van der Waals surface area contributed by atoms with Crippen LogP contribution in [0, 0.1) is 0 Å². The molecule has 0 unspecified atom stereocenters. The zero-order valence-electron chi connectivity index (χ0n) is 9.13. The van der Waals surface area contributed by atoms with Crippen molar-refractivity contribution in [2.24, 2.45) is 0 Å².